The topological polar surface area (TPSA) is 130 Å². The molecule has 1 aliphatic rings. The highest BCUT2D eigenvalue weighted by Crippen LogP contribution is 2.25. The zero-order valence-electron chi connectivity index (χ0n) is 19.7. The molecule has 1 aromatic carbocycles. The number of carbonyl (C=O) groups excluding carboxylic acids is 1. The van der Waals surface area contributed by atoms with Crippen LogP contribution in [0.5, 0.6) is 0 Å². The minimum Gasteiger partial charge on any atom is -0.299 e. The zero-order chi connectivity index (χ0) is 25.4. The summed E-state index contributed by atoms with van der Waals surface area (Å²) >= 11 is 0. The summed E-state index contributed by atoms with van der Waals surface area (Å²) in [5.74, 6) is 5.14. The Balaban J connectivity index is 1.89. The molecule has 1 amide bonds. The van der Waals surface area contributed by atoms with Gasteiger partial charge in [0.05, 0.1) is 12.9 Å². The summed E-state index contributed by atoms with van der Waals surface area (Å²) in [5.41, 5.74) is 4.62. The first-order valence-corrected chi connectivity index (χ1v) is 14.6. The van der Waals surface area contributed by atoms with Crippen molar-refractivity contribution >= 4 is 31.4 Å². The molecule has 9 nitrogen and oxygen atoms in total. The van der Waals surface area contributed by atoms with Crippen molar-refractivity contribution in [1.29, 1.82) is 0 Å². The van der Waals surface area contributed by atoms with Crippen molar-refractivity contribution in [3.8, 4) is 11.8 Å². The molecule has 2 rings (SSSR count). The quantitative estimate of drug-likeness (QED) is 0.159. The summed E-state index contributed by atoms with van der Waals surface area (Å²) < 4.78 is 49.0. The molecule has 11 heteroatoms. The van der Waals surface area contributed by atoms with Crippen LogP contribution in [0.3, 0.4) is 0 Å². The van der Waals surface area contributed by atoms with E-state index >= 15 is 0 Å². The average Bonchev–Trinajstić information content (AvgIpc) is 2.78. The van der Waals surface area contributed by atoms with Gasteiger partial charge in [-0.3, -0.25) is 19.1 Å². The Morgan fingerprint density at radius 2 is 1.88 bits per heavy atom. The number of hydroxylamine groups is 1. The molecule has 1 aliphatic heterocycles. The van der Waals surface area contributed by atoms with E-state index in [1.807, 2.05) is 24.3 Å². The Kier molecular flexibility index (Phi) is 9.84. The van der Waals surface area contributed by atoms with Crippen LogP contribution >= 0.6 is 0 Å². The van der Waals surface area contributed by atoms with Crippen molar-refractivity contribution in [2.75, 3.05) is 38.8 Å². The lowest BCUT2D eigenvalue weighted by Gasteiger charge is -2.31. The zero-order valence-corrected chi connectivity index (χ0v) is 21.3. The summed E-state index contributed by atoms with van der Waals surface area (Å²) in [5, 5.41) is 8.94. The van der Waals surface area contributed by atoms with Gasteiger partial charge < -0.3 is 0 Å². The van der Waals surface area contributed by atoms with Crippen LogP contribution in [0.2, 0.25) is 0 Å². The Hall–Kier alpha value is -2.23. The van der Waals surface area contributed by atoms with Gasteiger partial charge in [-0.1, -0.05) is 30.0 Å². The number of nitrogens with one attached hydrogen (secondary N) is 1. The lowest BCUT2D eigenvalue weighted by atomic mass is 9.98. The molecule has 1 atom stereocenters. The van der Waals surface area contributed by atoms with Crippen LogP contribution in [-0.2, 0) is 28.9 Å². The van der Waals surface area contributed by atoms with Crippen molar-refractivity contribution in [1.82, 2.24) is 10.4 Å². The van der Waals surface area contributed by atoms with Gasteiger partial charge in [0.15, 0.2) is 14.6 Å². The molecule has 0 bridgehead atoms. The molecule has 188 valence electrons. The van der Waals surface area contributed by atoms with Gasteiger partial charge >= 0.3 is 0 Å². The summed E-state index contributed by atoms with van der Waals surface area (Å²) in [6, 6.07) is 7.89. The van der Waals surface area contributed by atoms with Crippen molar-refractivity contribution in [3.05, 3.63) is 41.5 Å². The maximum Gasteiger partial charge on any atom is 0.264 e. The SMILES string of the molecule is CC(CCN1CC=C(c2ccc(C#CCCCOS(C)(=O)=O)cc2)CC1)(C(=O)NO)S(C)(=O)=O. The lowest BCUT2D eigenvalue weighted by molar-refractivity contribution is -0.131. The number of carbonyl (C=O) groups is 1. The first kappa shape index (κ1) is 28.0. The summed E-state index contributed by atoms with van der Waals surface area (Å²) in [4.78, 5) is 14.0. The number of hydrogen-bond acceptors (Lipinski definition) is 8. The predicted molar refractivity (Wildman–Crippen MR) is 130 cm³/mol. The largest absolute Gasteiger partial charge is 0.299 e. The van der Waals surface area contributed by atoms with Crippen molar-refractivity contribution < 1.29 is 31.0 Å². The van der Waals surface area contributed by atoms with Crippen LogP contribution in [0.25, 0.3) is 5.57 Å². The van der Waals surface area contributed by atoms with Crippen molar-refractivity contribution in [2.24, 2.45) is 0 Å². The number of amides is 1. The molecule has 0 spiro atoms. The lowest BCUT2D eigenvalue weighted by Crippen LogP contribution is -2.51. The molecular weight excluding hydrogens is 480 g/mol. The van der Waals surface area contributed by atoms with Crippen molar-refractivity contribution in [2.45, 2.75) is 37.4 Å². The molecule has 0 radical (unpaired) electrons. The van der Waals surface area contributed by atoms with Gasteiger partial charge in [0.25, 0.3) is 16.0 Å². The van der Waals surface area contributed by atoms with E-state index in [4.69, 9.17) is 5.21 Å². The monoisotopic (exact) mass is 512 g/mol. The third-order valence-corrected chi connectivity index (χ3v) is 8.45. The second kappa shape index (κ2) is 12.0. The molecule has 1 unspecified atom stereocenters. The fourth-order valence-corrected chi connectivity index (χ4v) is 4.70. The van der Waals surface area contributed by atoms with Crippen LogP contribution in [-0.4, -0.2) is 76.3 Å². The smallest absolute Gasteiger partial charge is 0.264 e. The predicted octanol–water partition coefficient (Wildman–Crippen LogP) is 1.58. The van der Waals surface area contributed by atoms with E-state index in [1.165, 1.54) is 18.0 Å². The normalized spacial score (nSPS) is 16.6. The van der Waals surface area contributed by atoms with Crippen LogP contribution < -0.4 is 5.48 Å². The van der Waals surface area contributed by atoms with Gasteiger partial charge in [0.1, 0.15) is 0 Å². The van der Waals surface area contributed by atoms with Crippen LogP contribution in [0, 0.1) is 11.8 Å². The molecule has 0 fully saturated rings. The molecule has 0 saturated carbocycles. The molecule has 0 saturated heterocycles. The van der Waals surface area contributed by atoms with Gasteiger partial charge in [0.2, 0.25) is 0 Å². The minimum absolute atomic E-state index is 0.0785. The highest BCUT2D eigenvalue weighted by molar-refractivity contribution is 7.92. The highest BCUT2D eigenvalue weighted by Gasteiger charge is 2.43. The van der Waals surface area contributed by atoms with Crippen LogP contribution in [0.1, 0.15) is 43.7 Å². The van der Waals surface area contributed by atoms with Gasteiger partial charge in [0, 0.05) is 37.9 Å². The van der Waals surface area contributed by atoms with E-state index < -0.39 is 30.6 Å². The van der Waals surface area contributed by atoms with E-state index in [2.05, 4.69) is 27.0 Å². The Bertz CT molecular complexity index is 1160. The molecule has 0 aromatic heterocycles. The number of unbranched alkanes of at least 4 members (excludes halogenated alkanes) is 1. The van der Waals surface area contributed by atoms with Gasteiger partial charge in [-0.25, -0.2) is 13.9 Å². The fraction of sp³-hybridized carbons (Fsp3) is 0.522. The average molecular weight is 513 g/mol. The first-order valence-electron chi connectivity index (χ1n) is 10.8. The number of sulfone groups is 1. The maximum absolute atomic E-state index is 12.1. The summed E-state index contributed by atoms with van der Waals surface area (Å²) in [6.45, 7) is 3.22. The minimum atomic E-state index is -3.71. The second-order valence-electron chi connectivity index (χ2n) is 8.48. The number of hydrogen-bond donors (Lipinski definition) is 2. The second-order valence-corrected chi connectivity index (χ2v) is 12.6. The number of rotatable bonds is 10. The number of benzene rings is 1. The highest BCUT2D eigenvalue weighted by atomic mass is 32.2. The fourth-order valence-electron chi connectivity index (χ4n) is 3.44. The molecule has 1 heterocycles. The van der Waals surface area contributed by atoms with E-state index in [-0.39, 0.29) is 13.0 Å². The van der Waals surface area contributed by atoms with E-state index in [0.717, 1.165) is 36.6 Å². The molecule has 1 aromatic rings. The molecule has 0 aliphatic carbocycles. The maximum atomic E-state index is 12.1. The molecule has 2 N–H and O–H groups in total. The van der Waals surface area contributed by atoms with E-state index in [9.17, 15) is 21.6 Å². The van der Waals surface area contributed by atoms with E-state index in [1.54, 1.807) is 0 Å². The summed E-state index contributed by atoms with van der Waals surface area (Å²) in [7, 11) is -7.12. The van der Waals surface area contributed by atoms with Gasteiger partial charge in [-0.15, -0.1) is 0 Å². The number of nitrogens with zero attached hydrogens (tertiary/aromatic N) is 1. The first-order chi connectivity index (χ1) is 15.9. The summed E-state index contributed by atoms with van der Waals surface area (Å²) in [6.07, 6.45) is 6.05. The van der Waals surface area contributed by atoms with Crippen LogP contribution in [0.15, 0.2) is 30.3 Å². The molecule has 34 heavy (non-hydrogen) atoms. The standard InChI is InChI=1S/C23H32N2O7S2/c1-23(22(26)24-27,33(2,28)29)14-17-25-15-12-21(13-16-25)20-10-8-19(9-11-20)7-5-4-6-18-32-34(3,30)31/h8-12,27H,4,6,13-18H2,1-3H3,(H,24,26). The third kappa shape index (κ3) is 8.21. The Morgan fingerprint density at radius 3 is 2.41 bits per heavy atom. The van der Waals surface area contributed by atoms with Crippen LogP contribution in [0.4, 0.5) is 0 Å². The Morgan fingerprint density at radius 1 is 1.21 bits per heavy atom. The van der Waals surface area contributed by atoms with Gasteiger partial charge in [-0.05, 0) is 49.5 Å². The third-order valence-electron chi connectivity index (χ3n) is 5.83. The van der Waals surface area contributed by atoms with Gasteiger partial charge in [-0.2, -0.15) is 8.42 Å². The van der Waals surface area contributed by atoms with E-state index in [0.29, 0.717) is 25.9 Å². The molecular formula is C23H32N2O7S2. The Labute approximate surface area is 202 Å². The van der Waals surface area contributed by atoms with Crippen molar-refractivity contribution in [3.63, 3.8) is 0 Å².